The standard InChI is InChI=1S/C4H5BrN2OS/c1-9-4-2(5)3(6)7-8-4/h1H3,(H2,6,7). The van der Waals surface area contributed by atoms with E-state index in [1.54, 1.807) is 0 Å². The number of hydrogen-bond acceptors (Lipinski definition) is 4. The highest BCUT2D eigenvalue weighted by Gasteiger charge is 2.07. The third kappa shape index (κ3) is 1.21. The summed E-state index contributed by atoms with van der Waals surface area (Å²) in [6.07, 6.45) is 1.89. The predicted octanol–water partition coefficient (Wildman–Crippen LogP) is 1.74. The highest BCUT2D eigenvalue weighted by atomic mass is 79.9. The van der Waals surface area contributed by atoms with Crippen LogP contribution in [0.4, 0.5) is 5.82 Å². The SMILES string of the molecule is CSc1onc(N)c1Br. The van der Waals surface area contributed by atoms with E-state index in [1.165, 1.54) is 11.8 Å². The van der Waals surface area contributed by atoms with Crippen LogP contribution in [0, 0.1) is 0 Å². The van der Waals surface area contributed by atoms with Gasteiger partial charge in [-0.3, -0.25) is 0 Å². The Hall–Kier alpha value is -0.160. The molecule has 0 amide bonds. The van der Waals surface area contributed by atoms with Crippen LogP contribution in [0.3, 0.4) is 0 Å². The summed E-state index contributed by atoms with van der Waals surface area (Å²) >= 11 is 4.67. The molecule has 0 saturated heterocycles. The zero-order valence-corrected chi connectivity index (χ0v) is 7.12. The summed E-state index contributed by atoms with van der Waals surface area (Å²) in [5.41, 5.74) is 5.35. The van der Waals surface area contributed by atoms with Crippen molar-refractivity contribution in [3.63, 3.8) is 0 Å². The van der Waals surface area contributed by atoms with Crippen LogP contribution in [0.25, 0.3) is 0 Å². The predicted molar refractivity (Wildman–Crippen MR) is 40.4 cm³/mol. The van der Waals surface area contributed by atoms with Gasteiger partial charge in [0.25, 0.3) is 0 Å². The minimum absolute atomic E-state index is 0.402. The molecule has 50 valence electrons. The molecule has 0 spiro atoms. The van der Waals surface area contributed by atoms with Crippen LogP contribution in [0.1, 0.15) is 0 Å². The van der Waals surface area contributed by atoms with Gasteiger partial charge in [0, 0.05) is 0 Å². The zero-order chi connectivity index (χ0) is 6.85. The summed E-state index contributed by atoms with van der Waals surface area (Å²) in [6, 6.07) is 0. The molecule has 1 aromatic rings. The number of hydrogen-bond donors (Lipinski definition) is 1. The van der Waals surface area contributed by atoms with E-state index in [4.69, 9.17) is 10.3 Å². The minimum Gasteiger partial charge on any atom is -0.380 e. The van der Waals surface area contributed by atoms with Gasteiger partial charge >= 0.3 is 0 Å². The molecule has 0 fully saturated rings. The molecule has 9 heavy (non-hydrogen) atoms. The molecule has 0 aliphatic heterocycles. The Bertz CT molecular complexity index is 212. The number of aromatic nitrogens is 1. The fraction of sp³-hybridized carbons (Fsp3) is 0.250. The fourth-order valence-corrected chi connectivity index (χ4v) is 1.43. The highest BCUT2D eigenvalue weighted by molar-refractivity contribution is 9.10. The van der Waals surface area contributed by atoms with E-state index < -0.39 is 0 Å². The Morgan fingerprint density at radius 2 is 2.44 bits per heavy atom. The smallest absolute Gasteiger partial charge is 0.209 e. The van der Waals surface area contributed by atoms with E-state index in [9.17, 15) is 0 Å². The molecule has 1 rings (SSSR count). The van der Waals surface area contributed by atoms with Crippen LogP contribution in [-0.4, -0.2) is 11.4 Å². The van der Waals surface area contributed by atoms with Crippen LogP contribution < -0.4 is 5.73 Å². The van der Waals surface area contributed by atoms with Crippen molar-refractivity contribution in [3.8, 4) is 0 Å². The molecule has 0 aliphatic carbocycles. The first-order chi connectivity index (χ1) is 4.25. The summed E-state index contributed by atoms with van der Waals surface area (Å²) in [6.45, 7) is 0. The summed E-state index contributed by atoms with van der Waals surface area (Å²) in [5, 5.41) is 4.24. The molecule has 1 aromatic heterocycles. The lowest BCUT2D eigenvalue weighted by Gasteiger charge is -1.83. The molecule has 5 heteroatoms. The van der Waals surface area contributed by atoms with Gasteiger partial charge in [-0.2, -0.15) is 0 Å². The normalized spacial score (nSPS) is 10.0. The lowest BCUT2D eigenvalue weighted by atomic mass is 10.7. The van der Waals surface area contributed by atoms with E-state index in [0.29, 0.717) is 10.9 Å². The van der Waals surface area contributed by atoms with Gasteiger partial charge in [0.15, 0.2) is 5.82 Å². The molecule has 3 nitrogen and oxygen atoms in total. The lowest BCUT2D eigenvalue weighted by Crippen LogP contribution is -1.82. The van der Waals surface area contributed by atoms with Crippen molar-refractivity contribution in [2.24, 2.45) is 0 Å². The van der Waals surface area contributed by atoms with Crippen molar-refractivity contribution in [2.75, 3.05) is 12.0 Å². The number of thioether (sulfide) groups is 1. The van der Waals surface area contributed by atoms with Gasteiger partial charge in [-0.1, -0.05) is 16.9 Å². The molecule has 0 radical (unpaired) electrons. The maximum Gasteiger partial charge on any atom is 0.209 e. The van der Waals surface area contributed by atoms with Crippen molar-refractivity contribution in [3.05, 3.63) is 4.47 Å². The Balaban J connectivity index is 3.04. The molecule has 0 aliphatic rings. The molecule has 0 unspecified atom stereocenters. The lowest BCUT2D eigenvalue weighted by molar-refractivity contribution is 0.351. The van der Waals surface area contributed by atoms with Crippen molar-refractivity contribution in [1.29, 1.82) is 0 Å². The molecule has 0 saturated carbocycles. The molecule has 2 N–H and O–H groups in total. The Morgan fingerprint density at radius 1 is 1.78 bits per heavy atom. The van der Waals surface area contributed by atoms with Gasteiger partial charge in [0.2, 0.25) is 5.09 Å². The first-order valence-corrected chi connectivity index (χ1v) is 4.22. The fourth-order valence-electron chi connectivity index (χ4n) is 0.402. The zero-order valence-electron chi connectivity index (χ0n) is 4.72. The molecule has 1 heterocycles. The highest BCUT2D eigenvalue weighted by Crippen LogP contribution is 2.29. The van der Waals surface area contributed by atoms with Gasteiger partial charge in [0.1, 0.15) is 4.47 Å². The van der Waals surface area contributed by atoms with Gasteiger partial charge in [-0.05, 0) is 22.2 Å². The van der Waals surface area contributed by atoms with Crippen molar-refractivity contribution >= 4 is 33.5 Å². The van der Waals surface area contributed by atoms with Crippen LogP contribution in [-0.2, 0) is 0 Å². The molecule has 0 atom stereocenters. The third-order valence-electron chi connectivity index (χ3n) is 0.816. The monoisotopic (exact) mass is 208 g/mol. The second kappa shape index (κ2) is 2.62. The number of nitrogens with two attached hydrogens (primary N) is 1. The Morgan fingerprint density at radius 3 is 2.67 bits per heavy atom. The average Bonchev–Trinajstić information content (AvgIpc) is 2.15. The molecular formula is C4H5BrN2OS. The van der Waals surface area contributed by atoms with Crippen molar-refractivity contribution < 1.29 is 4.52 Å². The van der Waals surface area contributed by atoms with Gasteiger partial charge in [-0.25, -0.2) is 0 Å². The van der Waals surface area contributed by atoms with Crippen LogP contribution >= 0.6 is 27.7 Å². The number of nitrogen functional groups attached to an aromatic ring is 1. The largest absolute Gasteiger partial charge is 0.380 e. The maximum absolute atomic E-state index is 5.35. The second-order valence-corrected chi connectivity index (χ2v) is 2.95. The van der Waals surface area contributed by atoms with E-state index in [0.717, 1.165) is 4.47 Å². The summed E-state index contributed by atoms with van der Waals surface area (Å²) in [7, 11) is 0. The number of rotatable bonds is 1. The Kier molecular flexibility index (Phi) is 2.02. The second-order valence-electron chi connectivity index (χ2n) is 1.37. The van der Waals surface area contributed by atoms with Gasteiger partial charge in [0.05, 0.1) is 0 Å². The third-order valence-corrected chi connectivity index (χ3v) is 2.49. The molecule has 0 aromatic carbocycles. The van der Waals surface area contributed by atoms with E-state index in [2.05, 4.69) is 21.1 Å². The summed E-state index contributed by atoms with van der Waals surface area (Å²) < 4.78 is 5.53. The minimum atomic E-state index is 0.402. The van der Waals surface area contributed by atoms with Gasteiger partial charge in [-0.15, -0.1) is 0 Å². The number of nitrogens with zero attached hydrogens (tertiary/aromatic N) is 1. The van der Waals surface area contributed by atoms with Crippen LogP contribution in [0.2, 0.25) is 0 Å². The van der Waals surface area contributed by atoms with Gasteiger partial charge < -0.3 is 10.3 Å². The maximum atomic E-state index is 5.35. The topological polar surface area (TPSA) is 52.0 Å². The van der Waals surface area contributed by atoms with Crippen LogP contribution in [0.15, 0.2) is 14.1 Å². The Labute approximate surface area is 65.1 Å². The molecule has 0 bridgehead atoms. The van der Waals surface area contributed by atoms with E-state index in [-0.39, 0.29) is 0 Å². The number of halogens is 1. The average molecular weight is 209 g/mol. The summed E-state index contributed by atoms with van der Waals surface area (Å²) in [5.74, 6) is 0.402. The molecular weight excluding hydrogens is 204 g/mol. The first kappa shape index (κ1) is 6.95. The quantitative estimate of drug-likeness (QED) is 0.715. The van der Waals surface area contributed by atoms with Crippen molar-refractivity contribution in [2.45, 2.75) is 5.09 Å². The van der Waals surface area contributed by atoms with Crippen molar-refractivity contribution in [1.82, 2.24) is 5.16 Å². The van der Waals surface area contributed by atoms with E-state index in [1.807, 2.05) is 6.26 Å². The first-order valence-electron chi connectivity index (χ1n) is 2.20. The van der Waals surface area contributed by atoms with E-state index >= 15 is 0 Å². The van der Waals surface area contributed by atoms with Crippen LogP contribution in [0.5, 0.6) is 0 Å². The number of anilines is 1. The summed E-state index contributed by atoms with van der Waals surface area (Å²) in [4.78, 5) is 0.